The van der Waals surface area contributed by atoms with Crippen LogP contribution in [0.5, 0.6) is 0 Å². The van der Waals surface area contributed by atoms with Crippen molar-refractivity contribution in [3.05, 3.63) is 29.6 Å². The summed E-state index contributed by atoms with van der Waals surface area (Å²) in [5.74, 6) is -0.503. The molecule has 0 heterocycles. The van der Waals surface area contributed by atoms with Crippen molar-refractivity contribution in [2.45, 2.75) is 13.8 Å². The van der Waals surface area contributed by atoms with Crippen LogP contribution in [0, 0.1) is 5.82 Å². The van der Waals surface area contributed by atoms with Crippen LogP contribution in [-0.2, 0) is 0 Å². The van der Waals surface area contributed by atoms with Crippen molar-refractivity contribution in [1.82, 2.24) is 0 Å². The van der Waals surface area contributed by atoms with Crippen LogP contribution in [0.25, 0.3) is 0 Å². The molecule has 0 spiro atoms. The van der Waals surface area contributed by atoms with E-state index in [4.69, 9.17) is 0 Å². The third-order valence-electron chi connectivity index (χ3n) is 1.74. The van der Waals surface area contributed by atoms with Gasteiger partial charge in [-0.05, 0) is 32.0 Å². The van der Waals surface area contributed by atoms with Crippen molar-refractivity contribution in [2.75, 3.05) is 11.9 Å². The Kier molecular flexibility index (Phi) is 3.01. The van der Waals surface area contributed by atoms with Gasteiger partial charge in [0.25, 0.3) is 0 Å². The zero-order chi connectivity index (χ0) is 9.84. The highest BCUT2D eigenvalue weighted by molar-refractivity contribution is 5.94. The van der Waals surface area contributed by atoms with Gasteiger partial charge in [-0.15, -0.1) is 0 Å². The Labute approximate surface area is 76.8 Å². The van der Waals surface area contributed by atoms with Gasteiger partial charge in [-0.2, -0.15) is 0 Å². The van der Waals surface area contributed by atoms with Gasteiger partial charge in [0, 0.05) is 12.1 Å². The fourth-order valence-corrected chi connectivity index (χ4v) is 1.07. The van der Waals surface area contributed by atoms with Crippen molar-refractivity contribution in [3.63, 3.8) is 0 Å². The van der Waals surface area contributed by atoms with Crippen LogP contribution in [-0.4, -0.2) is 12.3 Å². The normalized spacial score (nSPS) is 9.77. The third-order valence-corrected chi connectivity index (χ3v) is 1.74. The van der Waals surface area contributed by atoms with Gasteiger partial charge >= 0.3 is 0 Å². The number of carbonyl (C=O) groups is 1. The van der Waals surface area contributed by atoms with Crippen molar-refractivity contribution in [3.8, 4) is 0 Å². The Hall–Kier alpha value is -1.38. The fourth-order valence-electron chi connectivity index (χ4n) is 1.07. The molecule has 0 aromatic heterocycles. The van der Waals surface area contributed by atoms with Gasteiger partial charge in [0.15, 0.2) is 5.78 Å². The fraction of sp³-hybridized carbons (Fsp3) is 0.300. The van der Waals surface area contributed by atoms with E-state index in [1.807, 2.05) is 6.92 Å². The van der Waals surface area contributed by atoms with Gasteiger partial charge in [-0.25, -0.2) is 4.39 Å². The third kappa shape index (κ3) is 2.28. The Bertz CT molecular complexity index is 323. The van der Waals surface area contributed by atoms with E-state index < -0.39 is 0 Å². The maximum atomic E-state index is 13.2. The molecule has 0 bridgehead atoms. The first kappa shape index (κ1) is 9.71. The van der Waals surface area contributed by atoms with Gasteiger partial charge in [-0.3, -0.25) is 4.79 Å². The van der Waals surface area contributed by atoms with Crippen LogP contribution in [0.3, 0.4) is 0 Å². The van der Waals surface area contributed by atoms with E-state index in [0.29, 0.717) is 17.8 Å². The molecule has 0 amide bonds. The Morgan fingerprint density at radius 1 is 1.54 bits per heavy atom. The minimum atomic E-state index is -0.380. The summed E-state index contributed by atoms with van der Waals surface area (Å²) in [5, 5.41) is 2.86. The molecule has 0 fully saturated rings. The average molecular weight is 181 g/mol. The monoisotopic (exact) mass is 181 g/mol. The first-order chi connectivity index (χ1) is 6.15. The second-order valence-corrected chi connectivity index (χ2v) is 2.78. The predicted octanol–water partition coefficient (Wildman–Crippen LogP) is 2.46. The molecule has 0 unspecified atom stereocenters. The number of benzene rings is 1. The molecule has 0 saturated heterocycles. The summed E-state index contributed by atoms with van der Waals surface area (Å²) in [7, 11) is 0. The number of anilines is 1. The smallest absolute Gasteiger partial charge is 0.159 e. The largest absolute Gasteiger partial charge is 0.383 e. The number of ketones is 1. The van der Waals surface area contributed by atoms with E-state index in [0.717, 1.165) is 0 Å². The SMILES string of the molecule is CCNc1ccc(C(C)=O)cc1F. The van der Waals surface area contributed by atoms with Crippen LogP contribution in [0.2, 0.25) is 0 Å². The second-order valence-electron chi connectivity index (χ2n) is 2.78. The highest BCUT2D eigenvalue weighted by Crippen LogP contribution is 2.15. The molecule has 0 radical (unpaired) electrons. The summed E-state index contributed by atoms with van der Waals surface area (Å²) in [5.41, 5.74) is 0.839. The molecular weight excluding hydrogens is 169 g/mol. The Morgan fingerprint density at radius 3 is 2.69 bits per heavy atom. The minimum absolute atomic E-state index is 0.123. The van der Waals surface area contributed by atoms with Crippen LogP contribution in [0.1, 0.15) is 24.2 Å². The highest BCUT2D eigenvalue weighted by Gasteiger charge is 2.04. The second kappa shape index (κ2) is 4.03. The van der Waals surface area contributed by atoms with E-state index in [9.17, 15) is 9.18 Å². The summed E-state index contributed by atoms with van der Waals surface area (Å²) in [4.78, 5) is 10.9. The lowest BCUT2D eigenvalue weighted by molar-refractivity contribution is 0.101. The lowest BCUT2D eigenvalue weighted by Crippen LogP contribution is -2.01. The molecule has 13 heavy (non-hydrogen) atoms. The number of carbonyl (C=O) groups excluding carboxylic acids is 1. The van der Waals surface area contributed by atoms with E-state index in [2.05, 4.69) is 5.32 Å². The molecular formula is C10H12FNO. The Morgan fingerprint density at radius 2 is 2.23 bits per heavy atom. The lowest BCUT2D eigenvalue weighted by Gasteiger charge is -2.05. The van der Waals surface area contributed by atoms with Crippen LogP contribution in [0.4, 0.5) is 10.1 Å². The number of Topliss-reactive ketones (excluding diaryl/α,β-unsaturated/α-hetero) is 1. The number of hydrogen-bond acceptors (Lipinski definition) is 2. The molecule has 0 saturated carbocycles. The Balaban J connectivity index is 2.98. The van der Waals surface area contributed by atoms with E-state index in [1.165, 1.54) is 13.0 Å². The summed E-state index contributed by atoms with van der Waals surface area (Å²) in [6.45, 7) is 3.97. The highest BCUT2D eigenvalue weighted by atomic mass is 19.1. The molecule has 0 aliphatic rings. The van der Waals surface area contributed by atoms with Crippen molar-refractivity contribution >= 4 is 11.5 Å². The number of halogens is 1. The molecule has 1 rings (SSSR count). The number of rotatable bonds is 3. The average Bonchev–Trinajstić information content (AvgIpc) is 2.08. The maximum Gasteiger partial charge on any atom is 0.159 e. The van der Waals surface area contributed by atoms with Gasteiger partial charge in [0.2, 0.25) is 0 Å². The van der Waals surface area contributed by atoms with Crippen molar-refractivity contribution in [2.24, 2.45) is 0 Å². The van der Waals surface area contributed by atoms with Gasteiger partial charge in [0.1, 0.15) is 5.82 Å². The molecule has 0 aliphatic carbocycles. The molecule has 2 nitrogen and oxygen atoms in total. The summed E-state index contributed by atoms with van der Waals surface area (Å²) in [6, 6.07) is 4.44. The molecule has 1 aromatic carbocycles. The van der Waals surface area contributed by atoms with Crippen molar-refractivity contribution in [1.29, 1.82) is 0 Å². The molecule has 70 valence electrons. The molecule has 1 aromatic rings. The molecule has 1 N–H and O–H groups in total. The van der Waals surface area contributed by atoms with Gasteiger partial charge < -0.3 is 5.32 Å². The van der Waals surface area contributed by atoms with Crippen LogP contribution < -0.4 is 5.32 Å². The first-order valence-electron chi connectivity index (χ1n) is 4.19. The molecule has 0 atom stereocenters. The van der Waals surface area contributed by atoms with Gasteiger partial charge in [-0.1, -0.05) is 0 Å². The van der Waals surface area contributed by atoms with E-state index >= 15 is 0 Å². The summed E-state index contributed by atoms with van der Waals surface area (Å²) in [6.07, 6.45) is 0. The van der Waals surface area contributed by atoms with E-state index in [1.54, 1.807) is 12.1 Å². The van der Waals surface area contributed by atoms with E-state index in [-0.39, 0.29) is 11.6 Å². The minimum Gasteiger partial charge on any atom is -0.383 e. The maximum absolute atomic E-state index is 13.2. The van der Waals surface area contributed by atoms with Crippen LogP contribution in [0.15, 0.2) is 18.2 Å². The lowest BCUT2D eigenvalue weighted by atomic mass is 10.1. The molecule has 3 heteroatoms. The standard InChI is InChI=1S/C10H12FNO/c1-3-12-10-5-4-8(7(2)13)6-9(10)11/h4-6,12H,3H2,1-2H3. The zero-order valence-electron chi connectivity index (χ0n) is 7.73. The van der Waals surface area contributed by atoms with Crippen molar-refractivity contribution < 1.29 is 9.18 Å². The topological polar surface area (TPSA) is 29.1 Å². The molecule has 0 aliphatic heterocycles. The number of hydrogen-bond donors (Lipinski definition) is 1. The summed E-state index contributed by atoms with van der Waals surface area (Å²) >= 11 is 0. The van der Waals surface area contributed by atoms with Crippen LogP contribution >= 0.6 is 0 Å². The predicted molar refractivity (Wildman–Crippen MR) is 50.6 cm³/mol. The quantitative estimate of drug-likeness (QED) is 0.726. The first-order valence-corrected chi connectivity index (χ1v) is 4.19. The number of nitrogens with one attached hydrogen (secondary N) is 1. The zero-order valence-corrected chi connectivity index (χ0v) is 7.73. The summed E-state index contributed by atoms with van der Waals surface area (Å²) < 4.78 is 13.2. The van der Waals surface area contributed by atoms with Gasteiger partial charge in [0.05, 0.1) is 5.69 Å².